The SMILES string of the molecule is CC(CN(CCCO)C(=O)OC(C)(C)C)CS(=O)(=O)c1cccc2c(=O)[nH]ccc12. The number of carbonyl (C=O) groups excluding carboxylic acids is 1. The highest BCUT2D eigenvalue weighted by Crippen LogP contribution is 2.23. The highest BCUT2D eigenvalue weighted by molar-refractivity contribution is 7.91. The third-order valence-electron chi connectivity index (χ3n) is 4.38. The number of aliphatic hydroxyl groups excluding tert-OH is 1. The molecule has 1 amide bonds. The molecule has 1 aromatic carbocycles. The van der Waals surface area contributed by atoms with Gasteiger partial charge in [-0.15, -0.1) is 0 Å². The van der Waals surface area contributed by atoms with Gasteiger partial charge in [-0.3, -0.25) is 4.79 Å². The summed E-state index contributed by atoms with van der Waals surface area (Å²) in [6, 6.07) is 6.18. The molecule has 1 atom stereocenters. The minimum absolute atomic E-state index is 0.0868. The number of aromatic amines is 1. The van der Waals surface area contributed by atoms with Crippen molar-refractivity contribution in [3.63, 3.8) is 0 Å². The summed E-state index contributed by atoms with van der Waals surface area (Å²) in [4.78, 5) is 28.5. The van der Waals surface area contributed by atoms with Crippen molar-refractivity contribution in [1.82, 2.24) is 9.88 Å². The van der Waals surface area contributed by atoms with Gasteiger partial charge in [0.15, 0.2) is 9.84 Å². The Balaban J connectivity index is 2.22. The number of nitrogens with one attached hydrogen (secondary N) is 1. The Morgan fingerprint density at radius 3 is 2.57 bits per heavy atom. The number of ether oxygens (including phenoxy) is 1. The minimum Gasteiger partial charge on any atom is -0.444 e. The number of hydrogen-bond acceptors (Lipinski definition) is 6. The van der Waals surface area contributed by atoms with Crippen molar-refractivity contribution in [3.05, 3.63) is 40.8 Å². The molecule has 30 heavy (non-hydrogen) atoms. The predicted molar refractivity (Wildman–Crippen MR) is 115 cm³/mol. The van der Waals surface area contributed by atoms with Crippen LogP contribution in [0.2, 0.25) is 0 Å². The Morgan fingerprint density at radius 2 is 1.93 bits per heavy atom. The third-order valence-corrected chi connectivity index (χ3v) is 6.42. The quantitative estimate of drug-likeness (QED) is 0.654. The van der Waals surface area contributed by atoms with Crippen LogP contribution in [0.5, 0.6) is 0 Å². The molecule has 0 aliphatic carbocycles. The van der Waals surface area contributed by atoms with Gasteiger partial charge in [0.25, 0.3) is 5.56 Å². The molecule has 8 nitrogen and oxygen atoms in total. The molecule has 2 aromatic rings. The van der Waals surface area contributed by atoms with E-state index in [4.69, 9.17) is 9.84 Å². The van der Waals surface area contributed by atoms with E-state index < -0.39 is 27.4 Å². The largest absolute Gasteiger partial charge is 0.444 e. The second-order valence-corrected chi connectivity index (χ2v) is 10.4. The molecule has 0 saturated carbocycles. The fourth-order valence-electron chi connectivity index (χ4n) is 3.20. The zero-order chi connectivity index (χ0) is 22.5. The fourth-order valence-corrected chi connectivity index (χ4v) is 5.04. The number of sulfone groups is 1. The maximum absolute atomic E-state index is 13.1. The summed E-state index contributed by atoms with van der Waals surface area (Å²) in [6.07, 6.45) is 1.24. The second kappa shape index (κ2) is 9.61. The van der Waals surface area contributed by atoms with Crippen LogP contribution in [-0.2, 0) is 14.6 Å². The number of H-pyrrole nitrogens is 1. The zero-order valence-electron chi connectivity index (χ0n) is 17.8. The molecule has 0 bridgehead atoms. The predicted octanol–water partition coefficient (Wildman–Crippen LogP) is 2.56. The molecule has 1 aromatic heterocycles. The summed E-state index contributed by atoms with van der Waals surface area (Å²) in [7, 11) is -3.71. The number of nitrogens with zero attached hydrogens (tertiary/aromatic N) is 1. The molecule has 166 valence electrons. The molecule has 2 N–H and O–H groups in total. The monoisotopic (exact) mass is 438 g/mol. The van der Waals surface area contributed by atoms with Crippen LogP contribution < -0.4 is 5.56 Å². The number of aliphatic hydroxyl groups is 1. The molecule has 0 aliphatic rings. The van der Waals surface area contributed by atoms with Crippen LogP contribution in [0.3, 0.4) is 0 Å². The van der Waals surface area contributed by atoms with E-state index in [9.17, 15) is 18.0 Å². The van der Waals surface area contributed by atoms with Gasteiger partial charge in [-0.2, -0.15) is 0 Å². The fraction of sp³-hybridized carbons (Fsp3) is 0.524. The maximum atomic E-state index is 13.1. The minimum atomic E-state index is -3.71. The summed E-state index contributed by atoms with van der Waals surface area (Å²) in [5.74, 6) is -0.587. The van der Waals surface area contributed by atoms with Crippen molar-refractivity contribution in [2.75, 3.05) is 25.4 Å². The first-order valence-electron chi connectivity index (χ1n) is 9.86. The Bertz CT molecular complexity index is 1040. The number of hydrogen-bond donors (Lipinski definition) is 2. The second-order valence-electron chi connectivity index (χ2n) is 8.41. The van der Waals surface area contributed by atoms with Crippen molar-refractivity contribution in [2.45, 2.75) is 44.6 Å². The average molecular weight is 439 g/mol. The first-order chi connectivity index (χ1) is 13.9. The van der Waals surface area contributed by atoms with Crippen LogP contribution in [0.1, 0.15) is 34.1 Å². The number of aromatic nitrogens is 1. The Kier molecular flexibility index (Phi) is 7.65. The number of pyridine rings is 1. The smallest absolute Gasteiger partial charge is 0.410 e. The highest BCUT2D eigenvalue weighted by atomic mass is 32.2. The lowest BCUT2D eigenvalue weighted by Gasteiger charge is -2.29. The number of carbonyl (C=O) groups is 1. The van der Waals surface area contributed by atoms with Gasteiger partial charge in [0, 0.05) is 36.7 Å². The molecule has 1 unspecified atom stereocenters. The lowest BCUT2D eigenvalue weighted by molar-refractivity contribution is 0.0219. The van der Waals surface area contributed by atoms with E-state index in [-0.39, 0.29) is 35.9 Å². The van der Waals surface area contributed by atoms with Gasteiger partial charge in [-0.05, 0) is 51.3 Å². The third kappa shape index (κ3) is 6.30. The maximum Gasteiger partial charge on any atom is 0.410 e. The van der Waals surface area contributed by atoms with E-state index >= 15 is 0 Å². The van der Waals surface area contributed by atoms with Crippen LogP contribution in [0, 0.1) is 5.92 Å². The van der Waals surface area contributed by atoms with E-state index in [1.165, 1.54) is 17.2 Å². The summed E-state index contributed by atoms with van der Waals surface area (Å²) < 4.78 is 31.6. The number of rotatable bonds is 8. The van der Waals surface area contributed by atoms with Gasteiger partial charge in [0.1, 0.15) is 5.60 Å². The average Bonchev–Trinajstić information content (AvgIpc) is 2.63. The first-order valence-corrected chi connectivity index (χ1v) is 11.5. The van der Waals surface area contributed by atoms with Gasteiger partial charge < -0.3 is 19.7 Å². The van der Waals surface area contributed by atoms with Crippen molar-refractivity contribution in [1.29, 1.82) is 0 Å². The van der Waals surface area contributed by atoms with Crippen molar-refractivity contribution >= 4 is 26.7 Å². The van der Waals surface area contributed by atoms with Gasteiger partial charge in [0.2, 0.25) is 0 Å². The Labute approximate surface area is 176 Å². The zero-order valence-corrected chi connectivity index (χ0v) is 18.7. The first kappa shape index (κ1) is 23.9. The Hall–Kier alpha value is -2.39. The van der Waals surface area contributed by atoms with Crippen molar-refractivity contribution < 1.29 is 23.1 Å². The summed E-state index contributed by atoms with van der Waals surface area (Å²) in [5, 5.41) is 9.80. The molecular weight excluding hydrogens is 408 g/mol. The highest BCUT2D eigenvalue weighted by Gasteiger charge is 2.26. The van der Waals surface area contributed by atoms with Crippen LogP contribution in [0.25, 0.3) is 10.8 Å². The van der Waals surface area contributed by atoms with Crippen molar-refractivity contribution in [2.24, 2.45) is 5.92 Å². The standard InChI is InChI=1S/C21H30N2O6S/c1-15(13-23(11-6-12-24)20(26)29-21(2,3)4)14-30(27,28)18-8-5-7-17-16(18)9-10-22-19(17)25/h5,7-10,15,24H,6,11-14H2,1-4H3,(H,22,25). The van der Waals surface area contributed by atoms with Crippen LogP contribution in [0.4, 0.5) is 4.79 Å². The van der Waals surface area contributed by atoms with E-state index in [2.05, 4.69) is 4.98 Å². The molecule has 1 heterocycles. The molecular formula is C21H30N2O6S. The summed E-state index contributed by atoms with van der Waals surface area (Å²) in [5.41, 5.74) is -1.03. The van der Waals surface area contributed by atoms with E-state index in [0.717, 1.165) is 0 Å². The lowest BCUT2D eigenvalue weighted by Crippen LogP contribution is -2.41. The summed E-state index contributed by atoms with van der Waals surface area (Å²) in [6.45, 7) is 7.35. The van der Waals surface area contributed by atoms with E-state index in [0.29, 0.717) is 17.2 Å². The number of benzene rings is 1. The summed E-state index contributed by atoms with van der Waals surface area (Å²) >= 11 is 0. The molecule has 0 spiro atoms. The van der Waals surface area contributed by atoms with E-state index in [1.807, 2.05) is 0 Å². The van der Waals surface area contributed by atoms with Crippen LogP contribution in [-0.4, -0.2) is 60.6 Å². The number of amides is 1. The van der Waals surface area contributed by atoms with E-state index in [1.54, 1.807) is 45.9 Å². The topological polar surface area (TPSA) is 117 Å². The van der Waals surface area contributed by atoms with Crippen molar-refractivity contribution in [3.8, 4) is 0 Å². The molecule has 2 rings (SSSR count). The number of fused-ring (bicyclic) bond motifs is 1. The molecule has 0 saturated heterocycles. The molecule has 0 radical (unpaired) electrons. The Morgan fingerprint density at radius 1 is 1.23 bits per heavy atom. The molecule has 0 fully saturated rings. The lowest BCUT2D eigenvalue weighted by atomic mass is 10.2. The normalized spacial score (nSPS) is 13.2. The van der Waals surface area contributed by atoms with Gasteiger partial charge in [-0.25, -0.2) is 13.2 Å². The molecule has 9 heteroatoms. The van der Waals surface area contributed by atoms with Gasteiger partial charge in [-0.1, -0.05) is 13.0 Å². The van der Waals surface area contributed by atoms with Crippen LogP contribution in [0.15, 0.2) is 40.2 Å². The molecule has 0 aliphatic heterocycles. The van der Waals surface area contributed by atoms with Gasteiger partial charge >= 0.3 is 6.09 Å². The van der Waals surface area contributed by atoms with Crippen LogP contribution >= 0.6 is 0 Å². The van der Waals surface area contributed by atoms with Gasteiger partial charge in [0.05, 0.1) is 10.6 Å².